The van der Waals surface area contributed by atoms with Gasteiger partial charge in [0.1, 0.15) is 11.8 Å². The number of fused-ring (bicyclic) bond motifs is 3. The van der Waals surface area contributed by atoms with Gasteiger partial charge < -0.3 is 0 Å². The Hall–Kier alpha value is -3.72. The van der Waals surface area contributed by atoms with E-state index in [-0.39, 0.29) is 23.2 Å². The van der Waals surface area contributed by atoms with Crippen molar-refractivity contribution in [3.8, 4) is 17.6 Å². The zero-order valence-electron chi connectivity index (χ0n) is 16.5. The average Bonchev–Trinajstić information content (AvgIpc) is 2.82. The summed E-state index contributed by atoms with van der Waals surface area (Å²) in [5.41, 5.74) is 3.06. The Kier molecular flexibility index (Phi) is 4.25. The van der Waals surface area contributed by atoms with Crippen molar-refractivity contribution < 1.29 is 4.79 Å². The molecule has 0 radical (unpaired) electrons. The monoisotopic (exact) mass is 393 g/mol. The number of rotatable bonds is 2. The molecule has 0 N–H and O–H groups in total. The molecule has 5 rings (SSSR count). The van der Waals surface area contributed by atoms with Crippen LogP contribution in [0.3, 0.4) is 0 Å². The highest BCUT2D eigenvalue weighted by Crippen LogP contribution is 2.53. The molecule has 1 aromatic carbocycles. The van der Waals surface area contributed by atoms with Crippen LogP contribution >= 0.6 is 0 Å². The lowest BCUT2D eigenvalue weighted by Gasteiger charge is -2.47. The fourth-order valence-corrected chi connectivity index (χ4v) is 4.98. The molecule has 2 aromatic heterocycles. The molecule has 6 heteroatoms. The lowest BCUT2D eigenvalue weighted by molar-refractivity contribution is -0.121. The largest absolute Gasteiger partial charge is 0.293 e. The van der Waals surface area contributed by atoms with Crippen LogP contribution in [0.4, 0.5) is 0 Å². The Morgan fingerprint density at radius 2 is 1.97 bits per heavy atom. The van der Waals surface area contributed by atoms with Gasteiger partial charge in [-0.15, -0.1) is 0 Å². The molecule has 0 saturated heterocycles. The molecule has 0 aliphatic heterocycles. The van der Waals surface area contributed by atoms with Crippen molar-refractivity contribution in [2.45, 2.75) is 25.2 Å². The molecule has 2 heterocycles. The number of carbonyl (C=O) groups is 1. The third-order valence-electron chi connectivity index (χ3n) is 6.38. The first-order valence-corrected chi connectivity index (χ1v) is 10.0. The van der Waals surface area contributed by atoms with E-state index in [4.69, 9.17) is 4.98 Å². The standard InChI is InChI=1S/C24H19N5O/c1-15-19-8-7-16-13-28-23(20-14-26-9-10-27-20)29-22(16)24(19,11-17(12-25)21(15)30)18-5-3-2-4-6-18/h2-6,9-11,13-15,19H,7-8H2,1H3/t15-,19-,24+/m0/s1. The first-order valence-electron chi connectivity index (χ1n) is 10.0. The zero-order valence-corrected chi connectivity index (χ0v) is 16.5. The van der Waals surface area contributed by atoms with Crippen molar-refractivity contribution in [1.29, 1.82) is 5.26 Å². The predicted octanol–water partition coefficient (Wildman–Crippen LogP) is 3.45. The molecule has 6 nitrogen and oxygen atoms in total. The lowest BCUT2D eigenvalue weighted by Crippen LogP contribution is -2.48. The zero-order chi connectivity index (χ0) is 20.7. The summed E-state index contributed by atoms with van der Waals surface area (Å²) in [5.74, 6) is 0.157. The van der Waals surface area contributed by atoms with Crippen LogP contribution in [0.25, 0.3) is 11.5 Å². The Morgan fingerprint density at radius 3 is 2.70 bits per heavy atom. The minimum Gasteiger partial charge on any atom is -0.293 e. The summed E-state index contributed by atoms with van der Waals surface area (Å²) in [6, 6.07) is 12.2. The Bertz CT molecular complexity index is 1200. The minimum absolute atomic E-state index is 0.0154. The maximum absolute atomic E-state index is 12.8. The summed E-state index contributed by atoms with van der Waals surface area (Å²) in [6.45, 7) is 1.94. The molecule has 3 atom stereocenters. The molecule has 0 bridgehead atoms. The molecule has 0 fully saturated rings. The van der Waals surface area contributed by atoms with Gasteiger partial charge in [-0.2, -0.15) is 5.26 Å². The van der Waals surface area contributed by atoms with Gasteiger partial charge in [-0.05, 0) is 36.0 Å². The third-order valence-corrected chi connectivity index (χ3v) is 6.38. The summed E-state index contributed by atoms with van der Waals surface area (Å²) in [6.07, 6.45) is 10.2. The number of hydrogen-bond donors (Lipinski definition) is 0. The molecule has 30 heavy (non-hydrogen) atoms. The molecule has 0 saturated carbocycles. The summed E-state index contributed by atoms with van der Waals surface area (Å²) in [5, 5.41) is 9.72. The molecule has 0 amide bonds. The van der Waals surface area contributed by atoms with Gasteiger partial charge in [0.15, 0.2) is 11.6 Å². The summed E-state index contributed by atoms with van der Waals surface area (Å²) in [7, 11) is 0. The minimum atomic E-state index is -0.660. The van der Waals surface area contributed by atoms with Gasteiger partial charge in [0, 0.05) is 24.5 Å². The molecular weight excluding hydrogens is 374 g/mol. The number of nitriles is 1. The smallest absolute Gasteiger partial charge is 0.180 e. The van der Waals surface area contributed by atoms with E-state index in [1.165, 1.54) is 0 Å². The second kappa shape index (κ2) is 6.96. The van der Waals surface area contributed by atoms with Gasteiger partial charge in [0.25, 0.3) is 0 Å². The summed E-state index contributed by atoms with van der Waals surface area (Å²) >= 11 is 0. The summed E-state index contributed by atoms with van der Waals surface area (Å²) in [4.78, 5) is 30.8. The van der Waals surface area contributed by atoms with E-state index >= 15 is 0 Å². The van der Waals surface area contributed by atoms with Crippen LogP contribution < -0.4 is 0 Å². The van der Waals surface area contributed by atoms with E-state index in [9.17, 15) is 10.1 Å². The molecule has 0 unspecified atom stereocenters. The SMILES string of the molecule is C[C@@H]1C(=O)C(C#N)=C[C@]2(c3ccccc3)c3nc(-c4cnccn4)ncc3CC[C@@H]12. The Morgan fingerprint density at radius 1 is 1.13 bits per heavy atom. The lowest BCUT2D eigenvalue weighted by atomic mass is 9.54. The van der Waals surface area contributed by atoms with Crippen molar-refractivity contribution in [1.82, 2.24) is 19.9 Å². The van der Waals surface area contributed by atoms with Crippen LogP contribution in [0.5, 0.6) is 0 Å². The number of benzene rings is 1. The second-order valence-electron chi connectivity index (χ2n) is 7.86. The molecule has 0 spiro atoms. The highest BCUT2D eigenvalue weighted by Gasteiger charge is 2.52. The highest BCUT2D eigenvalue weighted by atomic mass is 16.1. The van der Waals surface area contributed by atoms with Crippen molar-refractivity contribution >= 4 is 5.78 Å². The summed E-state index contributed by atoms with van der Waals surface area (Å²) < 4.78 is 0. The Labute approximate surface area is 174 Å². The molecule has 2 aliphatic carbocycles. The second-order valence-corrected chi connectivity index (χ2v) is 7.86. The van der Waals surface area contributed by atoms with Crippen molar-refractivity contribution in [2.75, 3.05) is 0 Å². The number of carbonyl (C=O) groups excluding carboxylic acids is 1. The maximum atomic E-state index is 12.8. The number of hydrogen-bond acceptors (Lipinski definition) is 6. The van der Waals surface area contributed by atoms with E-state index in [1.807, 2.05) is 37.4 Å². The molecule has 3 aromatic rings. The van der Waals surface area contributed by atoms with Crippen LogP contribution in [0.1, 0.15) is 30.2 Å². The van der Waals surface area contributed by atoms with Crippen molar-refractivity contribution in [2.24, 2.45) is 11.8 Å². The van der Waals surface area contributed by atoms with Crippen LogP contribution in [0.2, 0.25) is 0 Å². The van der Waals surface area contributed by atoms with E-state index in [0.29, 0.717) is 11.5 Å². The fourth-order valence-electron chi connectivity index (χ4n) is 4.98. The van der Waals surface area contributed by atoms with E-state index in [2.05, 4.69) is 33.2 Å². The van der Waals surface area contributed by atoms with Gasteiger partial charge in [-0.1, -0.05) is 37.3 Å². The van der Waals surface area contributed by atoms with Gasteiger partial charge in [-0.3, -0.25) is 9.78 Å². The first-order chi connectivity index (χ1) is 14.6. The predicted molar refractivity (Wildman–Crippen MR) is 110 cm³/mol. The molecular formula is C24H19N5O. The van der Waals surface area contributed by atoms with E-state index < -0.39 is 5.41 Å². The number of Topliss-reactive ketones (excluding diaryl/α,β-unsaturated/α-hetero) is 1. The normalized spacial score (nSPS) is 24.9. The number of allylic oxidation sites excluding steroid dienone is 2. The van der Waals surface area contributed by atoms with Gasteiger partial charge in [0.05, 0.1) is 22.9 Å². The van der Waals surface area contributed by atoms with Gasteiger partial charge >= 0.3 is 0 Å². The molecule has 2 aliphatic rings. The first kappa shape index (κ1) is 18.3. The van der Waals surface area contributed by atoms with Crippen LogP contribution in [-0.4, -0.2) is 25.7 Å². The maximum Gasteiger partial charge on any atom is 0.180 e. The van der Waals surface area contributed by atoms with E-state index in [1.54, 1.807) is 18.6 Å². The topological polar surface area (TPSA) is 92.4 Å². The number of ketones is 1. The average molecular weight is 393 g/mol. The van der Waals surface area contributed by atoms with Gasteiger partial charge in [0.2, 0.25) is 0 Å². The number of aromatic nitrogens is 4. The van der Waals surface area contributed by atoms with E-state index in [0.717, 1.165) is 29.7 Å². The number of nitrogens with zero attached hydrogens (tertiary/aromatic N) is 5. The van der Waals surface area contributed by atoms with Crippen molar-refractivity contribution in [3.63, 3.8) is 0 Å². The van der Waals surface area contributed by atoms with Crippen LogP contribution in [0.15, 0.2) is 66.8 Å². The fraction of sp³-hybridized carbons (Fsp3) is 0.250. The highest BCUT2D eigenvalue weighted by molar-refractivity contribution is 6.02. The quantitative estimate of drug-likeness (QED) is 0.662. The van der Waals surface area contributed by atoms with Crippen LogP contribution in [0, 0.1) is 23.2 Å². The third kappa shape index (κ3) is 2.59. The molecule has 146 valence electrons. The van der Waals surface area contributed by atoms with Crippen molar-refractivity contribution in [3.05, 3.63) is 83.6 Å². The van der Waals surface area contributed by atoms with Gasteiger partial charge in [-0.25, -0.2) is 15.0 Å². The number of aryl methyl sites for hydroxylation is 1. The Balaban J connectivity index is 1.83. The van der Waals surface area contributed by atoms with Crippen LogP contribution in [-0.2, 0) is 16.6 Å².